The predicted molar refractivity (Wildman–Crippen MR) is 81.4 cm³/mol. The van der Waals surface area contributed by atoms with Crippen molar-refractivity contribution in [2.75, 3.05) is 13.7 Å². The zero-order valence-corrected chi connectivity index (χ0v) is 12.9. The molecule has 0 spiro atoms. The van der Waals surface area contributed by atoms with Crippen molar-refractivity contribution in [3.05, 3.63) is 42.1 Å². The lowest BCUT2D eigenvalue weighted by Gasteiger charge is -2.04. The molecule has 0 N–H and O–H groups in total. The van der Waals surface area contributed by atoms with Crippen LogP contribution in [0.4, 0.5) is 0 Å². The molecule has 0 bridgehead atoms. The first-order valence-corrected chi connectivity index (χ1v) is 7.68. The van der Waals surface area contributed by atoms with Gasteiger partial charge in [-0.25, -0.2) is 4.98 Å². The highest BCUT2D eigenvalue weighted by Crippen LogP contribution is 2.20. The second kappa shape index (κ2) is 6.28. The third kappa shape index (κ3) is 3.25. The molecule has 0 fully saturated rings. The van der Waals surface area contributed by atoms with Crippen LogP contribution in [0.15, 0.2) is 36.0 Å². The van der Waals surface area contributed by atoms with Crippen LogP contribution in [0.2, 0.25) is 0 Å². The summed E-state index contributed by atoms with van der Waals surface area (Å²) >= 11 is 1.63. The van der Waals surface area contributed by atoms with Crippen molar-refractivity contribution >= 4 is 17.4 Å². The molecule has 0 aliphatic heterocycles. The van der Waals surface area contributed by atoms with Crippen LogP contribution in [0.5, 0.6) is 0 Å². The van der Waals surface area contributed by atoms with Gasteiger partial charge in [-0.05, 0) is 18.6 Å². The second-order valence-electron chi connectivity index (χ2n) is 4.79. The van der Waals surface area contributed by atoms with E-state index in [1.807, 2.05) is 10.6 Å². The number of thioether (sulfide) groups is 1. The Bertz CT molecular complexity index is 736. The predicted octanol–water partition coefficient (Wildman–Crippen LogP) is 2.17. The van der Waals surface area contributed by atoms with Crippen LogP contribution in [0.25, 0.3) is 5.65 Å². The first kappa shape index (κ1) is 14.1. The summed E-state index contributed by atoms with van der Waals surface area (Å²) in [5.74, 6) is 0.770. The Kier molecular flexibility index (Phi) is 4.21. The van der Waals surface area contributed by atoms with Crippen molar-refractivity contribution in [3.63, 3.8) is 0 Å². The summed E-state index contributed by atoms with van der Waals surface area (Å²) in [6.07, 6.45) is 5.87. The minimum Gasteiger partial charge on any atom is -0.383 e. The molecule has 0 saturated heterocycles. The molecule has 3 aromatic heterocycles. The van der Waals surface area contributed by atoms with Crippen LogP contribution in [0, 0.1) is 6.92 Å². The summed E-state index contributed by atoms with van der Waals surface area (Å²) in [6.45, 7) is 3.49. The highest BCUT2D eigenvalue weighted by Gasteiger charge is 2.07. The summed E-state index contributed by atoms with van der Waals surface area (Å²) in [7, 11) is 1.69. The Hall–Kier alpha value is -1.86. The van der Waals surface area contributed by atoms with Gasteiger partial charge in [0.15, 0.2) is 5.16 Å². The summed E-state index contributed by atoms with van der Waals surface area (Å²) in [5.41, 5.74) is 3.22. The van der Waals surface area contributed by atoms with Crippen molar-refractivity contribution in [2.24, 2.45) is 0 Å². The molecule has 0 aliphatic rings. The quantitative estimate of drug-likeness (QED) is 0.653. The van der Waals surface area contributed by atoms with E-state index in [-0.39, 0.29) is 0 Å². The van der Waals surface area contributed by atoms with Gasteiger partial charge in [-0.2, -0.15) is 0 Å². The highest BCUT2D eigenvalue weighted by atomic mass is 32.2. The normalized spacial score (nSPS) is 11.3. The average Bonchev–Trinajstić information content (AvgIpc) is 3.08. The minimum atomic E-state index is 0.652. The van der Waals surface area contributed by atoms with Crippen molar-refractivity contribution < 1.29 is 4.74 Å². The van der Waals surface area contributed by atoms with Gasteiger partial charge >= 0.3 is 0 Å². The van der Waals surface area contributed by atoms with E-state index in [9.17, 15) is 0 Å². The molecule has 0 amide bonds. The van der Waals surface area contributed by atoms with Crippen LogP contribution in [-0.2, 0) is 17.0 Å². The second-order valence-corrected chi connectivity index (χ2v) is 5.74. The largest absolute Gasteiger partial charge is 0.383 e. The van der Waals surface area contributed by atoms with Gasteiger partial charge in [-0.15, -0.1) is 10.2 Å². The van der Waals surface area contributed by atoms with Crippen molar-refractivity contribution in [1.29, 1.82) is 0 Å². The summed E-state index contributed by atoms with van der Waals surface area (Å²) in [6, 6.07) is 4.10. The van der Waals surface area contributed by atoms with Gasteiger partial charge in [0.25, 0.3) is 0 Å². The Morgan fingerprint density at radius 1 is 1.29 bits per heavy atom. The molecule has 3 aromatic rings. The maximum atomic E-state index is 5.08. The molecule has 0 saturated carbocycles. The number of hydrogen-bond donors (Lipinski definition) is 0. The standard InChI is InChI=1S/C14H17N5OS/c1-11-3-4-13-16-12(8-19(13)7-11)9-21-14-17-15-10-18(14)5-6-20-2/h3-4,7-8,10H,5-6,9H2,1-2H3. The molecule has 0 unspecified atom stereocenters. The number of hydrogen-bond acceptors (Lipinski definition) is 5. The number of pyridine rings is 1. The molecule has 7 heteroatoms. The first-order chi connectivity index (χ1) is 10.3. The minimum absolute atomic E-state index is 0.652. The number of aryl methyl sites for hydroxylation is 1. The summed E-state index contributed by atoms with van der Waals surface area (Å²) in [5, 5.41) is 8.98. The fourth-order valence-corrected chi connectivity index (χ4v) is 2.89. The van der Waals surface area contributed by atoms with E-state index >= 15 is 0 Å². The highest BCUT2D eigenvalue weighted by molar-refractivity contribution is 7.98. The fraction of sp³-hybridized carbons (Fsp3) is 0.357. The number of nitrogens with zero attached hydrogens (tertiary/aromatic N) is 5. The zero-order valence-electron chi connectivity index (χ0n) is 12.1. The molecule has 3 heterocycles. The van der Waals surface area contributed by atoms with Crippen LogP contribution in [-0.4, -0.2) is 37.9 Å². The molecule has 110 valence electrons. The molecule has 0 aromatic carbocycles. The number of aromatic nitrogens is 5. The molecule has 3 rings (SSSR count). The van der Waals surface area contributed by atoms with E-state index in [4.69, 9.17) is 4.74 Å². The average molecular weight is 303 g/mol. The van der Waals surface area contributed by atoms with E-state index in [0.29, 0.717) is 6.61 Å². The van der Waals surface area contributed by atoms with Crippen molar-refractivity contribution in [2.45, 2.75) is 24.4 Å². The maximum Gasteiger partial charge on any atom is 0.191 e. The van der Waals surface area contributed by atoms with E-state index in [1.54, 1.807) is 25.2 Å². The molecular weight excluding hydrogens is 286 g/mol. The first-order valence-electron chi connectivity index (χ1n) is 6.70. The van der Waals surface area contributed by atoms with Crippen LogP contribution < -0.4 is 0 Å². The smallest absolute Gasteiger partial charge is 0.191 e. The lowest BCUT2D eigenvalue weighted by atomic mass is 10.3. The van der Waals surface area contributed by atoms with E-state index < -0.39 is 0 Å². The summed E-state index contributed by atoms with van der Waals surface area (Å²) < 4.78 is 9.13. The Balaban J connectivity index is 1.70. The van der Waals surface area contributed by atoms with Gasteiger partial charge in [-0.1, -0.05) is 17.8 Å². The van der Waals surface area contributed by atoms with Gasteiger partial charge < -0.3 is 13.7 Å². The molecule has 6 nitrogen and oxygen atoms in total. The molecular formula is C14H17N5OS. The number of fused-ring (bicyclic) bond motifs is 1. The number of methoxy groups -OCH3 is 1. The van der Waals surface area contributed by atoms with Gasteiger partial charge in [0.1, 0.15) is 12.0 Å². The van der Waals surface area contributed by atoms with Crippen LogP contribution >= 0.6 is 11.8 Å². The van der Waals surface area contributed by atoms with Gasteiger partial charge in [0.2, 0.25) is 0 Å². The SMILES string of the molecule is COCCn1cnnc1SCc1cn2cc(C)ccc2n1. The number of rotatable bonds is 6. The zero-order chi connectivity index (χ0) is 14.7. The van der Waals surface area contributed by atoms with E-state index in [2.05, 4.69) is 45.0 Å². The number of imidazole rings is 1. The summed E-state index contributed by atoms with van der Waals surface area (Å²) in [4.78, 5) is 4.61. The Morgan fingerprint density at radius 3 is 3.05 bits per heavy atom. The maximum absolute atomic E-state index is 5.08. The Labute approximate surface area is 127 Å². The van der Waals surface area contributed by atoms with Gasteiger partial charge in [-0.3, -0.25) is 0 Å². The third-order valence-corrected chi connectivity index (χ3v) is 4.13. The lowest BCUT2D eigenvalue weighted by Crippen LogP contribution is -2.04. The van der Waals surface area contributed by atoms with E-state index in [1.165, 1.54) is 5.56 Å². The van der Waals surface area contributed by atoms with Gasteiger partial charge in [0, 0.05) is 31.8 Å². The number of ether oxygens (including phenoxy) is 1. The van der Waals surface area contributed by atoms with Gasteiger partial charge in [0.05, 0.1) is 12.3 Å². The Morgan fingerprint density at radius 2 is 2.19 bits per heavy atom. The third-order valence-electron chi connectivity index (χ3n) is 3.11. The van der Waals surface area contributed by atoms with Crippen LogP contribution in [0.3, 0.4) is 0 Å². The molecule has 0 aliphatic carbocycles. The van der Waals surface area contributed by atoms with Crippen molar-refractivity contribution in [3.8, 4) is 0 Å². The topological polar surface area (TPSA) is 57.2 Å². The molecule has 0 radical (unpaired) electrons. The monoisotopic (exact) mass is 303 g/mol. The fourth-order valence-electron chi connectivity index (χ4n) is 2.06. The van der Waals surface area contributed by atoms with Crippen molar-refractivity contribution in [1.82, 2.24) is 24.1 Å². The molecule has 21 heavy (non-hydrogen) atoms. The molecule has 0 atom stereocenters. The van der Waals surface area contributed by atoms with E-state index in [0.717, 1.165) is 28.8 Å². The van der Waals surface area contributed by atoms with Crippen LogP contribution in [0.1, 0.15) is 11.3 Å². The lowest BCUT2D eigenvalue weighted by molar-refractivity contribution is 0.184.